The van der Waals surface area contributed by atoms with Gasteiger partial charge in [-0.05, 0) is 52.4 Å². The number of tetrazole rings is 1. The molecule has 4 rings (SSSR count). The number of hydrogen-bond donors (Lipinski definition) is 1. The molecule has 2 aromatic carbocycles. The molecule has 36 heavy (non-hydrogen) atoms. The van der Waals surface area contributed by atoms with Gasteiger partial charge in [0.05, 0.1) is 18.2 Å². The Bertz CT molecular complexity index is 1410. The average Bonchev–Trinajstić information content (AvgIpc) is 3.36. The van der Waals surface area contributed by atoms with E-state index in [2.05, 4.69) is 20.5 Å². The van der Waals surface area contributed by atoms with Gasteiger partial charge in [0.15, 0.2) is 5.60 Å². The molecule has 0 saturated carbocycles. The molecule has 2 aromatic heterocycles. The third-order valence-electron chi connectivity index (χ3n) is 5.28. The molecular formula is C23H15F5N6OS. The fourth-order valence-corrected chi connectivity index (χ4v) is 4.28. The summed E-state index contributed by atoms with van der Waals surface area (Å²) in [5, 5.41) is 30.1. The highest BCUT2D eigenvalue weighted by Crippen LogP contribution is 2.46. The Morgan fingerprint density at radius 2 is 1.83 bits per heavy atom. The fourth-order valence-electron chi connectivity index (χ4n) is 3.42. The Hall–Kier alpha value is -3.89. The molecule has 0 aliphatic rings. The summed E-state index contributed by atoms with van der Waals surface area (Å²) in [6.45, 7) is -0.965. The highest BCUT2D eigenvalue weighted by atomic mass is 32.2. The van der Waals surface area contributed by atoms with Gasteiger partial charge in [-0.2, -0.15) is 14.0 Å². The van der Waals surface area contributed by atoms with Crippen LogP contribution < -0.4 is 0 Å². The van der Waals surface area contributed by atoms with Crippen molar-refractivity contribution in [3.63, 3.8) is 0 Å². The number of alkyl halides is 2. The smallest absolute Gasteiger partial charge is 0.323 e. The van der Waals surface area contributed by atoms with Crippen molar-refractivity contribution < 1.29 is 27.1 Å². The molecule has 13 heteroatoms. The average molecular weight is 518 g/mol. The van der Waals surface area contributed by atoms with Crippen LogP contribution in [0.25, 0.3) is 0 Å². The van der Waals surface area contributed by atoms with Crippen LogP contribution in [-0.4, -0.2) is 30.3 Å². The van der Waals surface area contributed by atoms with Gasteiger partial charge in [-0.3, -0.25) is 4.98 Å². The first-order chi connectivity index (χ1) is 17.1. The van der Waals surface area contributed by atoms with E-state index in [-0.39, 0.29) is 16.2 Å². The Kier molecular flexibility index (Phi) is 7.00. The van der Waals surface area contributed by atoms with Crippen LogP contribution in [0.4, 0.5) is 22.0 Å². The van der Waals surface area contributed by atoms with E-state index in [0.29, 0.717) is 11.6 Å². The van der Waals surface area contributed by atoms with E-state index in [1.54, 1.807) is 0 Å². The molecule has 4 aromatic rings. The lowest BCUT2D eigenvalue weighted by Crippen LogP contribution is -2.48. The number of pyridine rings is 1. The van der Waals surface area contributed by atoms with Gasteiger partial charge >= 0.3 is 5.92 Å². The van der Waals surface area contributed by atoms with Crippen molar-refractivity contribution in [3.05, 3.63) is 101 Å². The molecule has 0 aliphatic heterocycles. The van der Waals surface area contributed by atoms with Crippen LogP contribution >= 0.6 is 11.8 Å². The highest BCUT2D eigenvalue weighted by Gasteiger charge is 2.57. The van der Waals surface area contributed by atoms with E-state index in [1.807, 2.05) is 6.07 Å². The molecule has 1 atom stereocenters. The molecule has 1 unspecified atom stereocenters. The van der Waals surface area contributed by atoms with Crippen molar-refractivity contribution in [2.75, 3.05) is 0 Å². The number of nitrogens with zero attached hydrogens (tertiary/aromatic N) is 6. The second kappa shape index (κ2) is 10.00. The van der Waals surface area contributed by atoms with Crippen LogP contribution in [0.2, 0.25) is 0 Å². The first kappa shape index (κ1) is 25.2. The van der Waals surface area contributed by atoms with Gasteiger partial charge in [-0.1, -0.05) is 6.07 Å². The summed E-state index contributed by atoms with van der Waals surface area (Å²) in [5.74, 6) is -7.00. The normalized spacial score (nSPS) is 13.2. The molecule has 0 aliphatic carbocycles. The number of rotatable bonds is 8. The van der Waals surface area contributed by atoms with Crippen molar-refractivity contribution in [1.29, 1.82) is 5.26 Å². The lowest BCUT2D eigenvalue weighted by atomic mass is 9.84. The van der Waals surface area contributed by atoms with E-state index in [9.17, 15) is 18.3 Å². The monoisotopic (exact) mass is 518 g/mol. The summed E-state index contributed by atoms with van der Waals surface area (Å²) >= 11 is 1.07. The number of aromatic nitrogens is 5. The third kappa shape index (κ3) is 4.91. The van der Waals surface area contributed by atoms with Crippen molar-refractivity contribution >= 4 is 11.8 Å². The standard InChI is InChI=1S/C23H15F5N6OS/c24-16-3-4-17(18(25)8-16)22(35,12-34-13-31-32-33-34)23(27,28)21-6-2-15(10-30-21)11-36-20-5-1-14(9-29)7-19(20)26/h1-8,10,13,35H,11-12H2. The van der Waals surface area contributed by atoms with Crippen molar-refractivity contribution in [2.24, 2.45) is 0 Å². The Morgan fingerprint density at radius 1 is 1.03 bits per heavy atom. The van der Waals surface area contributed by atoms with E-state index < -0.39 is 46.8 Å². The topological polar surface area (TPSA) is 101 Å². The molecule has 0 bridgehead atoms. The van der Waals surface area contributed by atoms with Crippen molar-refractivity contribution in [2.45, 2.75) is 28.7 Å². The predicted molar refractivity (Wildman–Crippen MR) is 117 cm³/mol. The second-order valence-electron chi connectivity index (χ2n) is 7.66. The summed E-state index contributed by atoms with van der Waals surface area (Å²) in [6, 6.07) is 9.92. The predicted octanol–water partition coefficient (Wildman–Crippen LogP) is 4.33. The maximum atomic E-state index is 15.7. The summed E-state index contributed by atoms with van der Waals surface area (Å²) in [7, 11) is 0. The number of thioether (sulfide) groups is 1. The van der Waals surface area contributed by atoms with Crippen molar-refractivity contribution in [1.82, 2.24) is 25.2 Å². The van der Waals surface area contributed by atoms with Gasteiger partial charge in [-0.15, -0.1) is 16.9 Å². The minimum Gasteiger partial charge on any atom is -0.377 e. The Balaban J connectivity index is 1.62. The maximum absolute atomic E-state index is 15.7. The third-order valence-corrected chi connectivity index (χ3v) is 6.40. The summed E-state index contributed by atoms with van der Waals surface area (Å²) in [6.07, 6.45) is 2.08. The molecule has 2 heterocycles. The van der Waals surface area contributed by atoms with Crippen LogP contribution in [0.5, 0.6) is 0 Å². The molecule has 0 amide bonds. The van der Waals surface area contributed by atoms with Gasteiger partial charge in [0, 0.05) is 28.5 Å². The maximum Gasteiger partial charge on any atom is 0.323 e. The van der Waals surface area contributed by atoms with E-state index >= 15 is 8.78 Å². The molecule has 0 spiro atoms. The largest absolute Gasteiger partial charge is 0.377 e. The second-order valence-corrected chi connectivity index (χ2v) is 8.68. The van der Waals surface area contributed by atoms with Gasteiger partial charge in [0.25, 0.3) is 0 Å². The van der Waals surface area contributed by atoms with E-state index in [4.69, 9.17) is 5.26 Å². The number of nitriles is 1. The summed E-state index contributed by atoms with van der Waals surface area (Å²) in [4.78, 5) is 4.02. The van der Waals surface area contributed by atoms with Crippen LogP contribution in [0.15, 0.2) is 66.0 Å². The fraction of sp³-hybridized carbons (Fsp3) is 0.174. The first-order valence-corrected chi connectivity index (χ1v) is 11.2. The highest BCUT2D eigenvalue weighted by molar-refractivity contribution is 7.98. The van der Waals surface area contributed by atoms with Gasteiger partial charge in [-0.25, -0.2) is 17.9 Å². The Labute approximate surface area is 205 Å². The molecule has 0 fully saturated rings. The number of benzene rings is 2. The minimum absolute atomic E-state index is 0.164. The molecule has 0 radical (unpaired) electrons. The molecule has 0 saturated heterocycles. The molecule has 7 nitrogen and oxygen atoms in total. The van der Waals surface area contributed by atoms with Gasteiger partial charge in [0.2, 0.25) is 0 Å². The van der Waals surface area contributed by atoms with E-state index in [1.165, 1.54) is 18.2 Å². The zero-order valence-corrected chi connectivity index (χ0v) is 18.9. The number of aliphatic hydroxyl groups is 1. The zero-order chi connectivity index (χ0) is 25.9. The lowest BCUT2D eigenvalue weighted by molar-refractivity contribution is -0.207. The van der Waals surface area contributed by atoms with Gasteiger partial charge < -0.3 is 5.11 Å². The quantitative estimate of drug-likeness (QED) is 0.274. The van der Waals surface area contributed by atoms with Crippen molar-refractivity contribution in [3.8, 4) is 6.07 Å². The number of hydrogen-bond acceptors (Lipinski definition) is 7. The summed E-state index contributed by atoms with van der Waals surface area (Å²) in [5.41, 5.74) is -4.38. The van der Waals surface area contributed by atoms with Crippen LogP contribution in [-0.2, 0) is 23.8 Å². The molecule has 184 valence electrons. The molecular weight excluding hydrogens is 503 g/mol. The summed E-state index contributed by atoms with van der Waals surface area (Å²) < 4.78 is 74.3. The Morgan fingerprint density at radius 3 is 2.44 bits per heavy atom. The first-order valence-electron chi connectivity index (χ1n) is 10.2. The molecule has 1 N–H and O–H groups in total. The van der Waals surface area contributed by atoms with Crippen LogP contribution in [0.1, 0.15) is 22.4 Å². The van der Waals surface area contributed by atoms with Crippen LogP contribution in [0, 0.1) is 28.8 Å². The lowest BCUT2D eigenvalue weighted by Gasteiger charge is -2.35. The SMILES string of the molecule is N#Cc1ccc(SCc2ccc(C(F)(F)C(O)(Cn3cnnn3)c3ccc(F)cc3F)nc2)c(F)c1. The van der Waals surface area contributed by atoms with Gasteiger partial charge in [0.1, 0.15) is 29.5 Å². The zero-order valence-electron chi connectivity index (χ0n) is 18.1. The number of halogens is 5. The van der Waals surface area contributed by atoms with Crippen LogP contribution in [0.3, 0.4) is 0 Å². The van der Waals surface area contributed by atoms with E-state index in [0.717, 1.165) is 53.2 Å². The minimum atomic E-state index is -4.18.